The van der Waals surface area contributed by atoms with Gasteiger partial charge in [0, 0.05) is 40.2 Å². The highest BCUT2D eigenvalue weighted by molar-refractivity contribution is 5.88. The van der Waals surface area contributed by atoms with E-state index >= 15 is 0 Å². The Morgan fingerprint density at radius 1 is 1.25 bits per heavy atom. The molecule has 0 bridgehead atoms. The third-order valence-electron chi connectivity index (χ3n) is 4.43. The fourth-order valence-corrected chi connectivity index (χ4v) is 3.02. The first kappa shape index (κ1) is 18.3. The van der Waals surface area contributed by atoms with Crippen molar-refractivity contribution in [3.63, 3.8) is 0 Å². The molecular formula is C18H27N3O3. The molecule has 1 aliphatic rings. The number of amides is 2. The summed E-state index contributed by atoms with van der Waals surface area (Å²) in [5.41, 5.74) is 1.01. The van der Waals surface area contributed by atoms with Gasteiger partial charge >= 0.3 is 0 Å². The van der Waals surface area contributed by atoms with Crippen LogP contribution < -0.4 is 4.74 Å². The van der Waals surface area contributed by atoms with Crippen LogP contribution >= 0.6 is 0 Å². The van der Waals surface area contributed by atoms with Gasteiger partial charge in [0.05, 0.1) is 7.11 Å². The molecule has 2 amide bonds. The third kappa shape index (κ3) is 4.26. The van der Waals surface area contributed by atoms with Gasteiger partial charge in [0.1, 0.15) is 11.8 Å². The Morgan fingerprint density at radius 2 is 1.96 bits per heavy atom. The second kappa shape index (κ2) is 8.15. The van der Waals surface area contributed by atoms with Gasteiger partial charge in [-0.05, 0) is 25.1 Å². The Bertz CT molecular complexity index is 589. The highest BCUT2D eigenvalue weighted by Crippen LogP contribution is 2.20. The summed E-state index contributed by atoms with van der Waals surface area (Å²) < 4.78 is 5.34. The molecule has 1 aliphatic heterocycles. The largest absolute Gasteiger partial charge is 0.496 e. The van der Waals surface area contributed by atoms with Gasteiger partial charge < -0.3 is 19.4 Å². The van der Waals surface area contributed by atoms with Gasteiger partial charge in [0.2, 0.25) is 11.8 Å². The molecule has 0 spiro atoms. The maximum atomic E-state index is 12.7. The van der Waals surface area contributed by atoms with Crippen LogP contribution in [0, 0.1) is 0 Å². The quantitative estimate of drug-likeness (QED) is 0.802. The lowest BCUT2D eigenvalue weighted by Gasteiger charge is -2.40. The minimum atomic E-state index is -0.399. The Balaban J connectivity index is 2.05. The molecule has 132 valence electrons. The van der Waals surface area contributed by atoms with E-state index in [0.29, 0.717) is 25.9 Å². The molecule has 0 radical (unpaired) electrons. The minimum Gasteiger partial charge on any atom is -0.496 e. The number of carbonyl (C=O) groups is 2. The lowest BCUT2D eigenvalue weighted by Crippen LogP contribution is -2.59. The first-order valence-electron chi connectivity index (χ1n) is 8.25. The number of aryl methyl sites for hydroxylation is 1. The predicted octanol–water partition coefficient (Wildman–Crippen LogP) is 0.859. The summed E-state index contributed by atoms with van der Waals surface area (Å²) in [5, 5.41) is 0. The number of piperazine rings is 1. The number of methoxy groups -OCH3 is 1. The summed E-state index contributed by atoms with van der Waals surface area (Å²) in [6, 6.07) is 7.32. The molecule has 0 N–H and O–H groups in total. The first-order chi connectivity index (χ1) is 11.4. The molecule has 1 fully saturated rings. The topological polar surface area (TPSA) is 53.1 Å². The fourth-order valence-electron chi connectivity index (χ4n) is 3.02. The van der Waals surface area contributed by atoms with Crippen molar-refractivity contribution < 1.29 is 14.3 Å². The monoisotopic (exact) mass is 333 g/mol. The number of carbonyl (C=O) groups excluding carboxylic acids is 2. The summed E-state index contributed by atoms with van der Waals surface area (Å²) in [5.74, 6) is 0.797. The normalized spacial score (nSPS) is 18.3. The van der Waals surface area contributed by atoms with E-state index in [2.05, 4.69) is 4.90 Å². The molecule has 1 saturated heterocycles. The van der Waals surface area contributed by atoms with E-state index < -0.39 is 6.04 Å². The summed E-state index contributed by atoms with van der Waals surface area (Å²) in [6.07, 6.45) is 0.985. The molecule has 0 saturated carbocycles. The lowest BCUT2D eigenvalue weighted by molar-refractivity contribution is -0.147. The van der Waals surface area contributed by atoms with E-state index in [-0.39, 0.29) is 11.8 Å². The molecule has 6 nitrogen and oxygen atoms in total. The molecule has 0 aromatic heterocycles. The fraction of sp³-hybridized carbons (Fsp3) is 0.556. The maximum absolute atomic E-state index is 12.7. The van der Waals surface area contributed by atoms with Crippen LogP contribution in [-0.4, -0.2) is 80.4 Å². The second-order valence-electron chi connectivity index (χ2n) is 6.41. The number of benzene rings is 1. The molecule has 24 heavy (non-hydrogen) atoms. The average Bonchev–Trinajstić information content (AvgIpc) is 2.58. The minimum absolute atomic E-state index is 0.0211. The highest BCUT2D eigenvalue weighted by Gasteiger charge is 2.34. The highest BCUT2D eigenvalue weighted by atomic mass is 16.5. The van der Waals surface area contributed by atoms with Crippen LogP contribution in [0.1, 0.15) is 12.0 Å². The molecule has 1 aromatic carbocycles. The number of para-hydroxylation sites is 1. The summed E-state index contributed by atoms with van der Waals surface area (Å²) in [4.78, 5) is 30.5. The molecule has 6 heteroatoms. The van der Waals surface area contributed by atoms with Gasteiger partial charge in [-0.15, -0.1) is 0 Å². The maximum Gasteiger partial charge on any atom is 0.246 e. The van der Waals surface area contributed by atoms with Crippen LogP contribution in [0.15, 0.2) is 24.3 Å². The summed E-state index contributed by atoms with van der Waals surface area (Å²) in [7, 11) is 7.07. The molecule has 0 aliphatic carbocycles. The summed E-state index contributed by atoms with van der Waals surface area (Å²) in [6.45, 7) is 1.96. The summed E-state index contributed by atoms with van der Waals surface area (Å²) >= 11 is 0. The Morgan fingerprint density at radius 3 is 2.62 bits per heavy atom. The lowest BCUT2D eigenvalue weighted by atomic mass is 10.1. The van der Waals surface area contributed by atoms with Gasteiger partial charge in [-0.3, -0.25) is 9.59 Å². The van der Waals surface area contributed by atoms with Crippen LogP contribution in [0.25, 0.3) is 0 Å². The van der Waals surface area contributed by atoms with Crippen molar-refractivity contribution in [2.45, 2.75) is 18.9 Å². The van der Waals surface area contributed by atoms with Crippen molar-refractivity contribution in [3.05, 3.63) is 29.8 Å². The molecule has 2 rings (SSSR count). The van der Waals surface area contributed by atoms with Gasteiger partial charge in [0.15, 0.2) is 0 Å². The van der Waals surface area contributed by atoms with Crippen molar-refractivity contribution in [1.29, 1.82) is 0 Å². The zero-order valence-electron chi connectivity index (χ0n) is 15.0. The smallest absolute Gasteiger partial charge is 0.246 e. The van der Waals surface area contributed by atoms with E-state index in [0.717, 1.165) is 17.9 Å². The number of hydrogen-bond acceptors (Lipinski definition) is 4. The van der Waals surface area contributed by atoms with Crippen LogP contribution in [-0.2, 0) is 16.0 Å². The molecular weight excluding hydrogens is 306 g/mol. The van der Waals surface area contributed by atoms with Gasteiger partial charge in [0.25, 0.3) is 0 Å². The number of hydrogen-bond donors (Lipinski definition) is 0. The van der Waals surface area contributed by atoms with Crippen molar-refractivity contribution in [3.8, 4) is 5.75 Å². The molecule has 1 aromatic rings. The number of nitrogens with zero attached hydrogens (tertiary/aromatic N) is 3. The number of ether oxygens (including phenoxy) is 1. The zero-order valence-corrected chi connectivity index (χ0v) is 15.0. The van der Waals surface area contributed by atoms with E-state index in [4.69, 9.17) is 4.74 Å². The predicted molar refractivity (Wildman–Crippen MR) is 93.0 cm³/mol. The third-order valence-corrected chi connectivity index (χ3v) is 4.43. The van der Waals surface area contributed by atoms with Crippen molar-refractivity contribution >= 4 is 11.8 Å². The van der Waals surface area contributed by atoms with Gasteiger partial charge in [-0.25, -0.2) is 0 Å². The SMILES string of the molecule is COc1ccccc1CCC(=O)N1CCN(C)CC1C(=O)N(C)C. The molecule has 1 unspecified atom stereocenters. The average molecular weight is 333 g/mol. The van der Waals surface area contributed by atoms with Crippen molar-refractivity contribution in [2.75, 3.05) is 47.9 Å². The molecule has 1 heterocycles. The first-order valence-corrected chi connectivity index (χ1v) is 8.25. The van der Waals surface area contributed by atoms with E-state index in [1.54, 1.807) is 31.0 Å². The number of rotatable bonds is 5. The van der Waals surface area contributed by atoms with Gasteiger partial charge in [-0.2, -0.15) is 0 Å². The van der Waals surface area contributed by atoms with Crippen molar-refractivity contribution in [1.82, 2.24) is 14.7 Å². The van der Waals surface area contributed by atoms with E-state index in [9.17, 15) is 9.59 Å². The van der Waals surface area contributed by atoms with Crippen LogP contribution in [0.4, 0.5) is 0 Å². The van der Waals surface area contributed by atoms with E-state index in [1.807, 2.05) is 31.3 Å². The zero-order chi connectivity index (χ0) is 17.7. The Kier molecular flexibility index (Phi) is 6.20. The Hall–Kier alpha value is -2.08. The second-order valence-corrected chi connectivity index (χ2v) is 6.41. The van der Waals surface area contributed by atoms with Crippen LogP contribution in [0.2, 0.25) is 0 Å². The number of likely N-dealkylation sites (N-methyl/N-ethyl adjacent to an activating group) is 2. The van der Waals surface area contributed by atoms with Crippen molar-refractivity contribution in [2.24, 2.45) is 0 Å². The standard InChI is InChI=1S/C18H27N3O3/c1-19(2)18(23)15-13-20(3)11-12-21(15)17(22)10-9-14-7-5-6-8-16(14)24-4/h5-8,15H,9-13H2,1-4H3. The van der Waals surface area contributed by atoms with Crippen LogP contribution in [0.3, 0.4) is 0 Å². The van der Waals surface area contributed by atoms with E-state index in [1.165, 1.54) is 0 Å². The Labute approximate surface area is 144 Å². The van der Waals surface area contributed by atoms with Gasteiger partial charge in [-0.1, -0.05) is 18.2 Å². The molecule has 1 atom stereocenters. The van der Waals surface area contributed by atoms with Crippen LogP contribution in [0.5, 0.6) is 5.75 Å².